The molecule has 0 bridgehead atoms. The third kappa shape index (κ3) is 2.93. The largest absolute Gasteiger partial charge is 0.438 e. The lowest BCUT2D eigenvalue weighted by Crippen LogP contribution is -2.43. The fraction of sp³-hybridized carbons (Fsp3) is 0.522. The molecule has 1 aliphatic carbocycles. The fourth-order valence-electron chi connectivity index (χ4n) is 4.50. The summed E-state index contributed by atoms with van der Waals surface area (Å²) in [4.78, 5) is 14.3. The lowest BCUT2D eigenvalue weighted by atomic mass is 9.96. The summed E-state index contributed by atoms with van der Waals surface area (Å²) in [7, 11) is 4.29. The molecule has 1 saturated heterocycles. The van der Waals surface area contributed by atoms with Crippen LogP contribution in [0.4, 0.5) is 5.69 Å². The van der Waals surface area contributed by atoms with E-state index in [9.17, 15) is 5.26 Å². The number of anilines is 1. The number of fused-ring (bicyclic) bond motifs is 1. The van der Waals surface area contributed by atoms with Crippen LogP contribution < -0.4 is 4.90 Å². The summed E-state index contributed by atoms with van der Waals surface area (Å²) in [6, 6.07) is 2.41. The fourth-order valence-corrected chi connectivity index (χ4v) is 5.10. The smallest absolute Gasteiger partial charge is 0.198 e. The van der Waals surface area contributed by atoms with Crippen molar-refractivity contribution in [2.24, 2.45) is 0 Å². The zero-order chi connectivity index (χ0) is 21.2. The summed E-state index contributed by atoms with van der Waals surface area (Å²) in [5.74, 6) is 1.18. The molecule has 7 heteroatoms. The minimum Gasteiger partial charge on any atom is -0.438 e. The molecule has 3 aromatic rings. The van der Waals surface area contributed by atoms with Crippen molar-refractivity contribution in [3.63, 3.8) is 0 Å². The van der Waals surface area contributed by atoms with E-state index in [1.165, 1.54) is 0 Å². The second kappa shape index (κ2) is 6.79. The van der Waals surface area contributed by atoms with Gasteiger partial charge in [0.25, 0.3) is 0 Å². The molecule has 1 aliphatic heterocycles. The summed E-state index contributed by atoms with van der Waals surface area (Å²) < 4.78 is 6.39. The highest BCUT2D eigenvalue weighted by Gasteiger charge is 2.39. The van der Waals surface area contributed by atoms with E-state index in [4.69, 9.17) is 14.4 Å². The van der Waals surface area contributed by atoms with E-state index in [0.29, 0.717) is 17.0 Å². The molecule has 1 atom stereocenters. The third-order valence-electron chi connectivity index (χ3n) is 6.84. The summed E-state index contributed by atoms with van der Waals surface area (Å²) in [6.07, 6.45) is 3.30. The highest BCUT2D eigenvalue weighted by molar-refractivity contribution is 7.09. The summed E-state index contributed by atoms with van der Waals surface area (Å²) >= 11 is 1.64. The van der Waals surface area contributed by atoms with Crippen LogP contribution in [-0.2, 0) is 0 Å². The van der Waals surface area contributed by atoms with Crippen LogP contribution in [0.15, 0.2) is 9.80 Å². The minimum absolute atomic E-state index is 0.0860. The van der Waals surface area contributed by atoms with E-state index in [-0.39, 0.29) is 5.54 Å². The Bertz CT molecular complexity index is 1180. The van der Waals surface area contributed by atoms with Crippen LogP contribution in [0, 0.1) is 25.2 Å². The normalized spacial score (nSPS) is 21.7. The third-order valence-corrected chi connectivity index (χ3v) is 7.62. The predicted octanol–water partition coefficient (Wildman–Crippen LogP) is 4.85. The number of oxazole rings is 1. The van der Waals surface area contributed by atoms with E-state index >= 15 is 0 Å². The molecule has 2 fully saturated rings. The first-order chi connectivity index (χ1) is 14.3. The Morgan fingerprint density at radius 1 is 1.30 bits per heavy atom. The van der Waals surface area contributed by atoms with Crippen LogP contribution in [0.25, 0.3) is 22.4 Å². The van der Waals surface area contributed by atoms with Crippen molar-refractivity contribution in [1.29, 1.82) is 5.26 Å². The number of hydrogen-bond acceptors (Lipinski definition) is 7. The summed E-state index contributed by atoms with van der Waals surface area (Å²) in [6.45, 7) is 8.19. The van der Waals surface area contributed by atoms with E-state index in [1.54, 1.807) is 11.3 Å². The van der Waals surface area contributed by atoms with Gasteiger partial charge in [-0.3, -0.25) is 0 Å². The maximum absolute atomic E-state index is 10.00. The molecule has 0 spiro atoms. The van der Waals surface area contributed by atoms with Crippen molar-refractivity contribution in [3.8, 4) is 17.3 Å². The van der Waals surface area contributed by atoms with Crippen molar-refractivity contribution in [3.05, 3.63) is 27.4 Å². The molecule has 156 valence electrons. The molecule has 6 nitrogen and oxygen atoms in total. The lowest BCUT2D eigenvalue weighted by Gasteiger charge is -2.33. The monoisotopic (exact) mass is 421 g/mol. The van der Waals surface area contributed by atoms with E-state index in [1.807, 2.05) is 13.8 Å². The van der Waals surface area contributed by atoms with Gasteiger partial charge in [-0.05, 0) is 59.7 Å². The van der Waals surface area contributed by atoms with Gasteiger partial charge in [-0.2, -0.15) is 5.26 Å². The maximum Gasteiger partial charge on any atom is 0.198 e. The van der Waals surface area contributed by atoms with Crippen LogP contribution in [0.5, 0.6) is 0 Å². The van der Waals surface area contributed by atoms with Crippen molar-refractivity contribution in [2.75, 3.05) is 32.1 Å². The minimum atomic E-state index is 0.0860. The standard InChI is InChI=1S/C23H27N5OS/c1-13-16(10-24)19-21(29-22(26-19)15-6-7-15)20(18(13)17-11-30-14(2)25-17)28-9-8-23(3,12-28)27(4)5/h11,15H,6-9,12H2,1-5H3. The SMILES string of the molecule is Cc1nc(-c2c(C)c(C#N)c3nc(C4CC4)oc3c2N2CCC(C)(N(C)C)C2)cs1. The van der Waals surface area contributed by atoms with Gasteiger partial charge in [0.2, 0.25) is 0 Å². The van der Waals surface area contributed by atoms with Gasteiger partial charge in [0, 0.05) is 35.5 Å². The van der Waals surface area contributed by atoms with E-state index in [2.05, 4.69) is 42.3 Å². The van der Waals surface area contributed by atoms with Crippen LogP contribution in [0.1, 0.15) is 54.1 Å². The van der Waals surface area contributed by atoms with Gasteiger partial charge < -0.3 is 14.2 Å². The van der Waals surface area contributed by atoms with Gasteiger partial charge in [-0.1, -0.05) is 0 Å². The molecule has 1 unspecified atom stereocenters. The molecular weight excluding hydrogens is 394 g/mol. The van der Waals surface area contributed by atoms with Crippen LogP contribution in [0.3, 0.4) is 0 Å². The zero-order valence-corrected chi connectivity index (χ0v) is 19.1. The van der Waals surface area contributed by atoms with Gasteiger partial charge in [0.15, 0.2) is 11.5 Å². The van der Waals surface area contributed by atoms with Crippen molar-refractivity contribution in [2.45, 2.75) is 51.5 Å². The average Bonchev–Trinajstić information content (AvgIpc) is 3.11. The number of nitriles is 1. The molecule has 1 aromatic carbocycles. The van der Waals surface area contributed by atoms with Gasteiger partial charge in [-0.15, -0.1) is 11.3 Å². The lowest BCUT2D eigenvalue weighted by molar-refractivity contribution is 0.198. The molecule has 30 heavy (non-hydrogen) atoms. The van der Waals surface area contributed by atoms with Gasteiger partial charge in [0.05, 0.1) is 22.0 Å². The molecule has 5 rings (SSSR count). The van der Waals surface area contributed by atoms with Crippen molar-refractivity contribution in [1.82, 2.24) is 14.9 Å². The van der Waals surface area contributed by atoms with Gasteiger partial charge in [0.1, 0.15) is 11.6 Å². The molecule has 0 N–H and O–H groups in total. The van der Waals surface area contributed by atoms with Crippen LogP contribution in [-0.4, -0.2) is 47.6 Å². The number of rotatable bonds is 4. The Hall–Kier alpha value is -2.43. The molecule has 0 amide bonds. The Kier molecular flexibility index (Phi) is 4.42. The maximum atomic E-state index is 10.00. The van der Waals surface area contributed by atoms with Gasteiger partial charge >= 0.3 is 0 Å². The second-order valence-corrected chi connectivity index (χ2v) is 10.2. The Balaban J connectivity index is 1.79. The van der Waals surface area contributed by atoms with E-state index < -0.39 is 0 Å². The Morgan fingerprint density at radius 3 is 2.63 bits per heavy atom. The number of nitrogens with zero attached hydrogens (tertiary/aromatic N) is 5. The van der Waals surface area contributed by atoms with Gasteiger partial charge in [-0.25, -0.2) is 9.97 Å². The number of aromatic nitrogens is 2. The van der Waals surface area contributed by atoms with Crippen molar-refractivity contribution < 1.29 is 4.42 Å². The quantitative estimate of drug-likeness (QED) is 0.600. The number of hydrogen-bond donors (Lipinski definition) is 0. The summed E-state index contributed by atoms with van der Waals surface area (Å²) in [5.41, 5.74) is 6.10. The highest BCUT2D eigenvalue weighted by Crippen LogP contribution is 2.48. The molecule has 1 saturated carbocycles. The Labute approximate surface area is 181 Å². The molecule has 2 aliphatic rings. The van der Waals surface area contributed by atoms with Crippen LogP contribution in [0.2, 0.25) is 0 Å². The molecule has 3 heterocycles. The summed E-state index contributed by atoms with van der Waals surface area (Å²) in [5, 5.41) is 13.1. The topological polar surface area (TPSA) is 69.2 Å². The number of likely N-dealkylation sites (N-methyl/N-ethyl adjacent to an activating group) is 1. The van der Waals surface area contributed by atoms with E-state index in [0.717, 1.165) is 71.3 Å². The first kappa shape index (κ1) is 19.5. The number of thiazole rings is 1. The first-order valence-corrected chi connectivity index (χ1v) is 11.4. The average molecular weight is 422 g/mol. The molecular formula is C23H27N5OS. The molecule has 2 aromatic heterocycles. The zero-order valence-electron chi connectivity index (χ0n) is 18.2. The Morgan fingerprint density at radius 2 is 2.07 bits per heavy atom. The second-order valence-electron chi connectivity index (χ2n) is 9.15. The number of benzene rings is 1. The van der Waals surface area contributed by atoms with Crippen LogP contribution >= 0.6 is 11.3 Å². The highest BCUT2D eigenvalue weighted by atomic mass is 32.1. The molecule has 0 radical (unpaired) electrons. The first-order valence-electron chi connectivity index (χ1n) is 10.5. The predicted molar refractivity (Wildman–Crippen MR) is 120 cm³/mol. The number of aryl methyl sites for hydroxylation is 1. The van der Waals surface area contributed by atoms with Crippen molar-refractivity contribution >= 4 is 28.1 Å².